The summed E-state index contributed by atoms with van der Waals surface area (Å²) >= 11 is 1.72. The summed E-state index contributed by atoms with van der Waals surface area (Å²) in [7, 11) is 0. The Hall–Kier alpha value is -2.21. The monoisotopic (exact) mass is 368 g/mol. The lowest BCUT2D eigenvalue weighted by atomic mass is 9.95. The van der Waals surface area contributed by atoms with E-state index in [9.17, 15) is 4.79 Å². The largest absolute Gasteiger partial charge is 0.387 e. The fourth-order valence-corrected chi connectivity index (χ4v) is 5.24. The van der Waals surface area contributed by atoms with E-state index in [2.05, 4.69) is 29.3 Å². The normalized spacial score (nSPS) is 20.3. The van der Waals surface area contributed by atoms with Crippen molar-refractivity contribution in [1.29, 1.82) is 5.41 Å². The van der Waals surface area contributed by atoms with Crippen LogP contribution in [0.3, 0.4) is 0 Å². The molecule has 1 fully saturated rings. The molecule has 1 aromatic carbocycles. The molecule has 0 radical (unpaired) electrons. The van der Waals surface area contributed by atoms with Crippen molar-refractivity contribution < 1.29 is 4.79 Å². The standard InChI is InChI=1S/C20H24N4OS/c1-11-7-14(24-5-3-13(4-6-24)20(21)22)9-16-18(11)23-19-12(2)8-15(25)10-17(19)26-16/h7-9,13,23H,3-6,10H2,1-2H3,(H3,21,22). The maximum atomic E-state index is 11.9. The molecule has 0 aromatic heterocycles. The number of hydrogen-bond donors (Lipinski definition) is 3. The summed E-state index contributed by atoms with van der Waals surface area (Å²) in [5.74, 6) is 0.714. The summed E-state index contributed by atoms with van der Waals surface area (Å²) in [5, 5.41) is 11.2. The Labute approximate surface area is 158 Å². The Balaban J connectivity index is 1.60. The highest BCUT2D eigenvalue weighted by Crippen LogP contribution is 2.47. The van der Waals surface area contributed by atoms with Crippen molar-refractivity contribution >= 4 is 34.8 Å². The molecule has 1 aromatic rings. The molecular formula is C20H24N4OS. The van der Waals surface area contributed by atoms with Crippen molar-refractivity contribution in [3.05, 3.63) is 39.9 Å². The number of nitrogens with zero attached hydrogens (tertiary/aromatic N) is 1. The van der Waals surface area contributed by atoms with Crippen molar-refractivity contribution in [3.8, 4) is 0 Å². The molecule has 1 saturated heterocycles. The zero-order valence-corrected chi connectivity index (χ0v) is 16.0. The van der Waals surface area contributed by atoms with Gasteiger partial charge in [-0.15, -0.1) is 0 Å². The van der Waals surface area contributed by atoms with Crippen LogP contribution in [0, 0.1) is 18.3 Å². The molecule has 0 amide bonds. The zero-order valence-electron chi connectivity index (χ0n) is 15.2. The third-order valence-electron chi connectivity index (χ3n) is 5.45. The minimum atomic E-state index is 0.179. The van der Waals surface area contributed by atoms with Gasteiger partial charge in [-0.3, -0.25) is 10.2 Å². The van der Waals surface area contributed by atoms with Gasteiger partial charge in [-0.1, -0.05) is 11.8 Å². The number of hydrogen-bond acceptors (Lipinski definition) is 5. The summed E-state index contributed by atoms with van der Waals surface area (Å²) in [6.45, 7) is 5.98. The smallest absolute Gasteiger partial charge is 0.161 e. The predicted molar refractivity (Wildman–Crippen MR) is 108 cm³/mol. The van der Waals surface area contributed by atoms with Crippen LogP contribution >= 0.6 is 11.8 Å². The number of ketones is 1. The molecule has 136 valence electrons. The highest BCUT2D eigenvalue weighted by atomic mass is 32.2. The Bertz CT molecular complexity index is 863. The van der Waals surface area contributed by atoms with E-state index in [1.54, 1.807) is 17.8 Å². The minimum Gasteiger partial charge on any atom is -0.387 e. The zero-order chi connectivity index (χ0) is 18.4. The highest BCUT2D eigenvalue weighted by Gasteiger charge is 2.27. The van der Waals surface area contributed by atoms with E-state index in [1.807, 2.05) is 6.92 Å². The number of carbonyl (C=O) groups is 1. The van der Waals surface area contributed by atoms with Gasteiger partial charge in [0.2, 0.25) is 0 Å². The second-order valence-electron chi connectivity index (χ2n) is 7.35. The van der Waals surface area contributed by atoms with E-state index in [4.69, 9.17) is 11.1 Å². The van der Waals surface area contributed by atoms with Gasteiger partial charge in [-0.25, -0.2) is 0 Å². The number of aryl methyl sites for hydroxylation is 1. The van der Waals surface area contributed by atoms with Crippen LogP contribution < -0.4 is 16.0 Å². The molecule has 0 bridgehead atoms. The Morgan fingerprint density at radius 1 is 1.31 bits per heavy atom. The molecule has 5 nitrogen and oxygen atoms in total. The molecule has 0 atom stereocenters. The topological polar surface area (TPSA) is 82.2 Å². The highest BCUT2D eigenvalue weighted by molar-refractivity contribution is 8.03. The summed E-state index contributed by atoms with van der Waals surface area (Å²) in [5.41, 5.74) is 11.4. The second-order valence-corrected chi connectivity index (χ2v) is 8.48. The lowest BCUT2D eigenvalue weighted by molar-refractivity contribution is -0.114. The van der Waals surface area contributed by atoms with E-state index < -0.39 is 0 Å². The van der Waals surface area contributed by atoms with E-state index in [0.29, 0.717) is 12.3 Å². The van der Waals surface area contributed by atoms with Gasteiger partial charge >= 0.3 is 0 Å². The van der Waals surface area contributed by atoms with E-state index in [1.165, 1.54) is 16.1 Å². The molecule has 1 aliphatic carbocycles. The van der Waals surface area contributed by atoms with E-state index >= 15 is 0 Å². The Kier molecular flexibility index (Phi) is 4.31. The molecular weight excluding hydrogens is 344 g/mol. The van der Waals surface area contributed by atoms with Gasteiger partial charge in [0.1, 0.15) is 0 Å². The number of rotatable bonds is 2. The first kappa shape index (κ1) is 17.2. The number of benzene rings is 1. The van der Waals surface area contributed by atoms with Gasteiger partial charge < -0.3 is 16.0 Å². The molecule has 26 heavy (non-hydrogen) atoms. The quantitative estimate of drug-likeness (QED) is 0.546. The number of thioether (sulfide) groups is 1. The molecule has 6 heteroatoms. The van der Waals surface area contributed by atoms with Crippen molar-refractivity contribution in [2.45, 2.75) is 38.0 Å². The average molecular weight is 369 g/mol. The van der Waals surface area contributed by atoms with Crippen LogP contribution in [-0.2, 0) is 4.79 Å². The number of amidine groups is 1. The number of anilines is 2. The number of nitrogens with one attached hydrogen (secondary N) is 2. The lowest BCUT2D eigenvalue weighted by Crippen LogP contribution is -2.38. The van der Waals surface area contributed by atoms with Gasteiger partial charge in [0, 0.05) is 40.9 Å². The fraction of sp³-hybridized carbons (Fsp3) is 0.400. The maximum Gasteiger partial charge on any atom is 0.161 e. The molecule has 4 rings (SSSR count). The number of nitrogens with two attached hydrogens (primary N) is 1. The average Bonchev–Trinajstić information content (AvgIpc) is 2.60. The maximum absolute atomic E-state index is 11.9. The molecule has 2 aliphatic heterocycles. The molecule has 3 aliphatic rings. The number of carbonyl (C=O) groups excluding carboxylic acids is 1. The fourth-order valence-electron chi connectivity index (χ4n) is 3.95. The Morgan fingerprint density at radius 2 is 2.04 bits per heavy atom. The summed E-state index contributed by atoms with van der Waals surface area (Å²) in [4.78, 5) is 16.6. The summed E-state index contributed by atoms with van der Waals surface area (Å²) < 4.78 is 0. The molecule has 0 unspecified atom stereocenters. The summed E-state index contributed by atoms with van der Waals surface area (Å²) in [6.07, 6.45) is 4.09. The third-order valence-corrected chi connectivity index (χ3v) is 6.59. The predicted octanol–water partition coefficient (Wildman–Crippen LogP) is 3.80. The van der Waals surface area contributed by atoms with E-state index in [0.717, 1.165) is 47.8 Å². The lowest BCUT2D eigenvalue weighted by Gasteiger charge is -2.35. The van der Waals surface area contributed by atoms with Gasteiger partial charge in [0.05, 0.1) is 17.2 Å². The van der Waals surface area contributed by atoms with Crippen LogP contribution in [0.4, 0.5) is 11.4 Å². The summed E-state index contributed by atoms with van der Waals surface area (Å²) in [6, 6.07) is 4.47. The van der Waals surface area contributed by atoms with Crippen molar-refractivity contribution in [1.82, 2.24) is 0 Å². The van der Waals surface area contributed by atoms with Crippen molar-refractivity contribution in [2.24, 2.45) is 11.7 Å². The number of allylic oxidation sites excluding steroid dienone is 3. The first-order valence-corrected chi connectivity index (χ1v) is 9.87. The van der Waals surface area contributed by atoms with Crippen LogP contribution in [0.25, 0.3) is 0 Å². The van der Waals surface area contributed by atoms with Crippen LogP contribution in [0.1, 0.15) is 31.7 Å². The van der Waals surface area contributed by atoms with E-state index in [-0.39, 0.29) is 11.7 Å². The Morgan fingerprint density at radius 3 is 2.73 bits per heavy atom. The van der Waals surface area contributed by atoms with Crippen molar-refractivity contribution in [2.75, 3.05) is 23.3 Å². The van der Waals surface area contributed by atoms with Crippen LogP contribution in [0.15, 0.2) is 39.3 Å². The second kappa shape index (κ2) is 6.50. The van der Waals surface area contributed by atoms with Gasteiger partial charge in [-0.2, -0.15) is 0 Å². The van der Waals surface area contributed by atoms with Crippen LogP contribution in [-0.4, -0.2) is 24.7 Å². The van der Waals surface area contributed by atoms with Crippen LogP contribution in [0.5, 0.6) is 0 Å². The number of fused-ring (bicyclic) bond motifs is 1. The molecule has 0 spiro atoms. The minimum absolute atomic E-state index is 0.179. The van der Waals surface area contributed by atoms with Crippen LogP contribution in [0.2, 0.25) is 0 Å². The first-order valence-electron chi connectivity index (χ1n) is 9.05. The molecule has 2 heterocycles. The van der Waals surface area contributed by atoms with Gasteiger partial charge in [-0.05, 0) is 56.0 Å². The van der Waals surface area contributed by atoms with Gasteiger partial charge in [0.15, 0.2) is 5.78 Å². The molecule has 4 N–H and O–H groups in total. The molecule has 0 saturated carbocycles. The SMILES string of the molecule is CC1=CC(=O)CC2=C1Nc1c(C)cc(N3CCC(C(=N)N)CC3)cc1S2. The first-order chi connectivity index (χ1) is 12.4. The number of piperidine rings is 1. The van der Waals surface area contributed by atoms with Crippen molar-refractivity contribution in [3.63, 3.8) is 0 Å². The third kappa shape index (κ3) is 3.03. The van der Waals surface area contributed by atoms with Gasteiger partial charge in [0.25, 0.3) is 0 Å².